The third-order valence-corrected chi connectivity index (χ3v) is 11.2. The van der Waals surface area contributed by atoms with Crippen LogP contribution in [0.15, 0.2) is 72.9 Å². The fraction of sp³-hybridized carbons (Fsp3) is 0.731. The fourth-order valence-corrected chi connectivity index (χ4v) is 7.08. The second-order valence-electron chi connectivity index (χ2n) is 17.5. The Bertz CT molecular complexity index is 1280. The van der Waals surface area contributed by atoms with Gasteiger partial charge in [0, 0.05) is 12.8 Å². The van der Waals surface area contributed by atoms with Gasteiger partial charge in [-0.25, -0.2) is 4.57 Å². The van der Waals surface area contributed by atoms with E-state index in [-0.39, 0.29) is 26.1 Å². The predicted octanol–water partition coefficient (Wildman–Crippen LogP) is 14.6. The molecule has 0 aromatic carbocycles. The van der Waals surface area contributed by atoms with Gasteiger partial charge in [0.2, 0.25) is 0 Å². The van der Waals surface area contributed by atoms with Crippen molar-refractivity contribution in [3.8, 4) is 0 Å². The SMILES string of the molecule is CCCCCCCCC/C=C/C/C=C/C/C=C/C/C=C/CCCC(=O)O[C@H](COC(=O)CCC/C=C/C/C=C/CCCCCCCCCCC)COP(=O)(O)OCC[N+](C)(C)C. The maximum Gasteiger partial charge on any atom is 0.472 e. The number of hydrogen-bond acceptors (Lipinski definition) is 7. The Kier molecular flexibility index (Phi) is 41.9. The Balaban J connectivity index is 4.46. The van der Waals surface area contributed by atoms with Crippen LogP contribution in [0.4, 0.5) is 0 Å². The number of nitrogens with zero attached hydrogens (tertiary/aromatic N) is 1. The van der Waals surface area contributed by atoms with Gasteiger partial charge in [-0.3, -0.25) is 18.6 Å². The lowest BCUT2D eigenvalue weighted by atomic mass is 10.1. The van der Waals surface area contributed by atoms with E-state index >= 15 is 0 Å². The van der Waals surface area contributed by atoms with Gasteiger partial charge in [0.1, 0.15) is 19.8 Å². The summed E-state index contributed by atoms with van der Waals surface area (Å²) in [6.45, 7) is 4.31. The summed E-state index contributed by atoms with van der Waals surface area (Å²) in [5.74, 6) is -0.920. The van der Waals surface area contributed by atoms with Gasteiger partial charge in [0.25, 0.3) is 0 Å². The van der Waals surface area contributed by atoms with E-state index in [4.69, 9.17) is 18.5 Å². The van der Waals surface area contributed by atoms with Crippen molar-refractivity contribution in [2.75, 3.05) is 47.5 Å². The number of allylic oxidation sites excluding steroid dienone is 12. The maximum atomic E-state index is 12.7. The van der Waals surface area contributed by atoms with E-state index in [1.807, 2.05) is 27.2 Å². The average molecular weight is 891 g/mol. The van der Waals surface area contributed by atoms with Gasteiger partial charge < -0.3 is 18.9 Å². The van der Waals surface area contributed by atoms with Crippen molar-refractivity contribution >= 4 is 19.8 Å². The van der Waals surface area contributed by atoms with E-state index in [0.29, 0.717) is 30.3 Å². The lowest BCUT2D eigenvalue weighted by Crippen LogP contribution is -2.37. The molecule has 10 heteroatoms. The molecule has 0 spiro atoms. The Morgan fingerprint density at radius 2 is 0.871 bits per heavy atom. The molecule has 0 amide bonds. The number of esters is 2. The predicted molar refractivity (Wildman–Crippen MR) is 261 cm³/mol. The van der Waals surface area contributed by atoms with Crippen molar-refractivity contribution in [1.82, 2.24) is 0 Å². The second-order valence-corrected chi connectivity index (χ2v) is 18.9. The number of likely N-dealkylation sites (N-methyl/N-ethyl adjacent to an activating group) is 1. The normalized spacial score (nSPS) is 14.1. The number of hydrogen-bond donors (Lipinski definition) is 1. The smallest absolute Gasteiger partial charge is 0.462 e. The molecular weight excluding hydrogens is 798 g/mol. The molecule has 0 fully saturated rings. The number of unbranched alkanes of at least 4 members (excludes halogenated alkanes) is 18. The average Bonchev–Trinajstić information content (AvgIpc) is 3.23. The third-order valence-electron chi connectivity index (χ3n) is 10.2. The van der Waals surface area contributed by atoms with Crippen molar-refractivity contribution in [2.45, 2.75) is 200 Å². The molecule has 0 heterocycles. The molecule has 0 aliphatic carbocycles. The molecule has 0 aromatic heterocycles. The summed E-state index contributed by atoms with van der Waals surface area (Å²) >= 11 is 0. The highest BCUT2D eigenvalue weighted by molar-refractivity contribution is 7.47. The monoisotopic (exact) mass is 891 g/mol. The lowest BCUT2D eigenvalue weighted by Gasteiger charge is -2.24. The number of rotatable bonds is 44. The van der Waals surface area contributed by atoms with Crippen LogP contribution in [-0.4, -0.2) is 74.9 Å². The first-order chi connectivity index (χ1) is 30.0. The molecule has 2 atom stereocenters. The van der Waals surface area contributed by atoms with Crippen LogP contribution in [0.3, 0.4) is 0 Å². The molecule has 1 N–H and O–H groups in total. The number of carbonyl (C=O) groups excluding carboxylic acids is 2. The topological polar surface area (TPSA) is 108 Å². The van der Waals surface area contributed by atoms with E-state index in [9.17, 15) is 19.0 Å². The van der Waals surface area contributed by atoms with Crippen molar-refractivity contribution in [3.05, 3.63) is 72.9 Å². The molecule has 0 radical (unpaired) electrons. The molecule has 0 rings (SSSR count). The van der Waals surface area contributed by atoms with Crippen LogP contribution in [0.2, 0.25) is 0 Å². The molecule has 358 valence electrons. The Morgan fingerprint density at radius 3 is 1.29 bits per heavy atom. The van der Waals surface area contributed by atoms with Crippen molar-refractivity contribution in [2.24, 2.45) is 0 Å². The van der Waals surface area contributed by atoms with Crippen LogP contribution in [-0.2, 0) is 32.7 Å². The highest BCUT2D eigenvalue weighted by Gasteiger charge is 2.27. The Labute approximate surface area is 380 Å². The third kappa shape index (κ3) is 46.9. The summed E-state index contributed by atoms with van der Waals surface area (Å²) in [6, 6.07) is 0. The Hall–Kier alpha value is -2.55. The van der Waals surface area contributed by atoms with Crippen LogP contribution in [0, 0.1) is 0 Å². The first kappa shape index (κ1) is 59.5. The second kappa shape index (κ2) is 43.7. The molecule has 1 unspecified atom stereocenters. The quantitative estimate of drug-likeness (QED) is 0.0212. The fourth-order valence-electron chi connectivity index (χ4n) is 6.34. The molecule has 0 saturated carbocycles. The molecular formula is C52H93NO8P+. The van der Waals surface area contributed by atoms with Gasteiger partial charge >= 0.3 is 19.8 Å². The Morgan fingerprint density at radius 1 is 0.500 bits per heavy atom. The van der Waals surface area contributed by atoms with Crippen molar-refractivity contribution in [1.29, 1.82) is 0 Å². The number of ether oxygens (including phenoxy) is 2. The minimum atomic E-state index is -4.41. The molecule has 0 bridgehead atoms. The summed E-state index contributed by atoms with van der Waals surface area (Å²) in [5, 5.41) is 0. The van der Waals surface area contributed by atoms with Gasteiger partial charge in [-0.05, 0) is 77.0 Å². The summed E-state index contributed by atoms with van der Waals surface area (Å²) in [7, 11) is 1.41. The highest BCUT2D eigenvalue weighted by atomic mass is 31.2. The van der Waals surface area contributed by atoms with E-state index in [2.05, 4.69) is 80.7 Å². The van der Waals surface area contributed by atoms with Gasteiger partial charge in [-0.15, -0.1) is 0 Å². The molecule has 9 nitrogen and oxygen atoms in total. The van der Waals surface area contributed by atoms with Gasteiger partial charge in [-0.2, -0.15) is 0 Å². The summed E-state index contributed by atoms with van der Waals surface area (Å²) in [6.07, 6.45) is 55.5. The van der Waals surface area contributed by atoms with Crippen LogP contribution in [0.5, 0.6) is 0 Å². The van der Waals surface area contributed by atoms with Crippen LogP contribution in [0.1, 0.15) is 194 Å². The first-order valence-electron chi connectivity index (χ1n) is 24.7. The number of quaternary nitrogens is 1. The summed E-state index contributed by atoms with van der Waals surface area (Å²) < 4.78 is 34.3. The van der Waals surface area contributed by atoms with Crippen LogP contribution < -0.4 is 0 Å². The molecule has 0 aliphatic heterocycles. The van der Waals surface area contributed by atoms with Gasteiger partial charge in [-0.1, -0.05) is 177 Å². The lowest BCUT2D eigenvalue weighted by molar-refractivity contribution is -0.870. The number of carbonyl (C=O) groups is 2. The minimum Gasteiger partial charge on any atom is -0.462 e. The first-order valence-corrected chi connectivity index (χ1v) is 26.2. The molecule has 0 saturated heterocycles. The van der Waals surface area contributed by atoms with E-state index in [1.54, 1.807) is 0 Å². The summed E-state index contributed by atoms with van der Waals surface area (Å²) in [5.41, 5.74) is 0. The number of phosphoric acid groups is 1. The zero-order chi connectivity index (χ0) is 45.7. The standard InChI is InChI=1S/C52H92NO8P/c1-6-8-10-12-14-16-18-20-22-24-25-26-27-29-31-33-35-37-39-41-43-45-52(55)61-50(49-60-62(56,57)59-47-46-53(3,4)5)48-58-51(54)44-42-40-38-36-34-32-30-28-23-21-19-17-15-13-11-9-7-2/h22,24,26-27,30-33,36-39,50H,6-21,23,25,28-29,34-35,40-49H2,1-5H3/p+1/b24-22+,27-26+,32-30+,33-31+,38-36+,39-37+/t50-/m1/s1. The molecule has 0 aromatic rings. The van der Waals surface area contributed by atoms with Crippen LogP contribution >= 0.6 is 7.82 Å². The molecule has 0 aliphatic rings. The van der Waals surface area contributed by atoms with E-state index < -0.39 is 32.5 Å². The van der Waals surface area contributed by atoms with E-state index in [0.717, 1.165) is 38.5 Å². The number of phosphoric ester groups is 1. The van der Waals surface area contributed by atoms with E-state index in [1.165, 1.54) is 109 Å². The highest BCUT2D eigenvalue weighted by Crippen LogP contribution is 2.43. The van der Waals surface area contributed by atoms with Gasteiger partial charge in [0.05, 0.1) is 27.7 Å². The minimum absolute atomic E-state index is 0.0124. The van der Waals surface area contributed by atoms with Crippen molar-refractivity contribution in [3.63, 3.8) is 0 Å². The van der Waals surface area contributed by atoms with Gasteiger partial charge in [0.15, 0.2) is 6.10 Å². The van der Waals surface area contributed by atoms with Crippen molar-refractivity contribution < 1.29 is 42.1 Å². The zero-order valence-corrected chi connectivity index (χ0v) is 41.2. The summed E-state index contributed by atoms with van der Waals surface area (Å²) in [4.78, 5) is 35.4. The van der Waals surface area contributed by atoms with Crippen LogP contribution in [0.25, 0.3) is 0 Å². The zero-order valence-electron chi connectivity index (χ0n) is 40.3. The molecule has 62 heavy (non-hydrogen) atoms. The maximum absolute atomic E-state index is 12.7. The largest absolute Gasteiger partial charge is 0.472 e.